The number of nitrogens with zero attached hydrogens (tertiary/aromatic N) is 1. The molecule has 0 bridgehead atoms. The second kappa shape index (κ2) is 5.94. The van der Waals surface area contributed by atoms with Gasteiger partial charge in [0.15, 0.2) is 0 Å². The van der Waals surface area contributed by atoms with Crippen LogP contribution in [0.2, 0.25) is 0 Å². The zero-order valence-electron chi connectivity index (χ0n) is 12.0. The fourth-order valence-corrected chi connectivity index (χ4v) is 2.65. The van der Waals surface area contributed by atoms with E-state index in [2.05, 4.69) is 26.2 Å². The topological polar surface area (TPSA) is 50.9 Å². The van der Waals surface area contributed by atoms with Gasteiger partial charge >= 0.3 is 6.18 Å². The molecule has 0 saturated heterocycles. The van der Waals surface area contributed by atoms with Gasteiger partial charge < -0.3 is 11.1 Å². The number of fused-ring (bicyclic) bond motifs is 1. The first-order valence-corrected chi connectivity index (χ1v) is 7.52. The van der Waals surface area contributed by atoms with Crippen LogP contribution < -0.4 is 11.1 Å². The fourth-order valence-electron chi connectivity index (χ4n) is 2.28. The maximum atomic E-state index is 13.4. The van der Waals surface area contributed by atoms with Crippen LogP contribution in [0.5, 0.6) is 0 Å². The first kappa shape index (κ1) is 16.5. The lowest BCUT2D eigenvalue weighted by Gasteiger charge is -2.15. The molecule has 0 aliphatic carbocycles. The van der Waals surface area contributed by atoms with E-state index in [1.807, 2.05) is 0 Å². The van der Waals surface area contributed by atoms with Crippen molar-refractivity contribution in [3.05, 3.63) is 58.4 Å². The van der Waals surface area contributed by atoms with Gasteiger partial charge in [-0.05, 0) is 36.4 Å². The Bertz CT molecular complexity index is 920. The molecule has 24 heavy (non-hydrogen) atoms. The number of aromatic nitrogens is 1. The standard InChI is InChI=1S/C16H10BrF4N3/c17-8-1-4-14-10(5-8)15(13(22)7-23-14)24-9-2-3-12(18)11(6-9)16(19,20)21/h1-7H,22H2,(H,23,24). The van der Waals surface area contributed by atoms with Gasteiger partial charge in [0.05, 0.1) is 28.7 Å². The molecule has 0 spiro atoms. The lowest BCUT2D eigenvalue weighted by Crippen LogP contribution is -2.09. The predicted molar refractivity (Wildman–Crippen MR) is 88.5 cm³/mol. The van der Waals surface area contributed by atoms with Gasteiger partial charge in [-0.2, -0.15) is 13.2 Å². The van der Waals surface area contributed by atoms with E-state index in [1.54, 1.807) is 18.2 Å². The number of hydrogen-bond acceptors (Lipinski definition) is 3. The molecule has 0 radical (unpaired) electrons. The Morgan fingerprint density at radius 1 is 1.08 bits per heavy atom. The molecule has 0 unspecified atom stereocenters. The highest BCUT2D eigenvalue weighted by atomic mass is 79.9. The third kappa shape index (κ3) is 3.14. The van der Waals surface area contributed by atoms with Gasteiger partial charge in [0.25, 0.3) is 0 Å². The lowest BCUT2D eigenvalue weighted by molar-refractivity contribution is -0.139. The van der Waals surface area contributed by atoms with E-state index < -0.39 is 17.6 Å². The summed E-state index contributed by atoms with van der Waals surface area (Å²) in [6.45, 7) is 0. The number of anilines is 3. The van der Waals surface area contributed by atoms with Gasteiger partial charge in [-0.3, -0.25) is 4.98 Å². The molecule has 3 N–H and O–H groups in total. The molecule has 0 aliphatic heterocycles. The normalized spacial score (nSPS) is 11.7. The van der Waals surface area contributed by atoms with Crippen LogP contribution in [0.3, 0.4) is 0 Å². The Morgan fingerprint density at radius 2 is 1.83 bits per heavy atom. The molecule has 2 aromatic carbocycles. The molecule has 1 heterocycles. The Labute approximate surface area is 142 Å². The second-order valence-corrected chi connectivity index (χ2v) is 5.98. The minimum absolute atomic E-state index is 0.0721. The summed E-state index contributed by atoms with van der Waals surface area (Å²) in [5, 5.41) is 3.46. The molecule has 3 rings (SSSR count). The number of nitrogen functional groups attached to an aromatic ring is 1. The van der Waals surface area contributed by atoms with Crippen LogP contribution in [-0.2, 0) is 6.18 Å². The summed E-state index contributed by atoms with van der Waals surface area (Å²) in [4.78, 5) is 4.17. The van der Waals surface area contributed by atoms with Crippen LogP contribution in [-0.4, -0.2) is 4.98 Å². The van der Waals surface area contributed by atoms with Crippen molar-refractivity contribution in [1.82, 2.24) is 4.98 Å². The number of benzene rings is 2. The number of hydrogen-bond donors (Lipinski definition) is 2. The smallest absolute Gasteiger partial charge is 0.396 e. The predicted octanol–water partition coefficient (Wildman–Crippen LogP) is 5.48. The number of nitrogens with two attached hydrogens (primary N) is 1. The van der Waals surface area contributed by atoms with E-state index >= 15 is 0 Å². The zero-order valence-corrected chi connectivity index (χ0v) is 13.5. The van der Waals surface area contributed by atoms with Crippen LogP contribution in [0.25, 0.3) is 10.9 Å². The maximum absolute atomic E-state index is 13.4. The SMILES string of the molecule is Nc1cnc2ccc(Br)cc2c1Nc1ccc(F)c(C(F)(F)F)c1. The summed E-state index contributed by atoms with van der Waals surface area (Å²) >= 11 is 3.33. The van der Waals surface area contributed by atoms with Crippen molar-refractivity contribution in [1.29, 1.82) is 0 Å². The summed E-state index contributed by atoms with van der Waals surface area (Å²) in [7, 11) is 0. The monoisotopic (exact) mass is 399 g/mol. The molecule has 1 aromatic heterocycles. The van der Waals surface area contributed by atoms with E-state index in [1.165, 1.54) is 12.3 Å². The highest BCUT2D eigenvalue weighted by Gasteiger charge is 2.34. The second-order valence-electron chi connectivity index (χ2n) is 5.07. The molecule has 3 aromatic rings. The summed E-state index contributed by atoms with van der Waals surface area (Å²) in [5.41, 5.74) is 5.92. The van der Waals surface area contributed by atoms with Crippen molar-refractivity contribution >= 4 is 43.9 Å². The molecular formula is C16H10BrF4N3. The Morgan fingerprint density at radius 3 is 2.54 bits per heavy atom. The molecule has 0 amide bonds. The Hall–Kier alpha value is -2.35. The number of alkyl halides is 3. The third-order valence-electron chi connectivity index (χ3n) is 3.40. The average molecular weight is 400 g/mol. The Kier molecular flexibility index (Phi) is 4.08. The van der Waals surface area contributed by atoms with Crippen LogP contribution >= 0.6 is 15.9 Å². The third-order valence-corrected chi connectivity index (χ3v) is 3.89. The summed E-state index contributed by atoms with van der Waals surface area (Å²) in [6, 6.07) is 7.97. The molecule has 0 saturated carbocycles. The molecule has 0 atom stereocenters. The number of pyridine rings is 1. The van der Waals surface area contributed by atoms with E-state index in [9.17, 15) is 17.6 Å². The van der Waals surface area contributed by atoms with Crippen LogP contribution in [0.1, 0.15) is 5.56 Å². The van der Waals surface area contributed by atoms with Crippen LogP contribution in [0.15, 0.2) is 47.1 Å². The van der Waals surface area contributed by atoms with E-state index in [0.29, 0.717) is 22.7 Å². The number of rotatable bonds is 2. The molecule has 3 nitrogen and oxygen atoms in total. The van der Waals surface area contributed by atoms with Crippen LogP contribution in [0, 0.1) is 5.82 Å². The molecule has 0 aliphatic rings. The number of nitrogens with one attached hydrogen (secondary N) is 1. The summed E-state index contributed by atoms with van der Waals surface area (Å²) in [6.07, 6.45) is -3.37. The van der Waals surface area contributed by atoms with Crippen molar-refractivity contribution in [2.24, 2.45) is 0 Å². The van der Waals surface area contributed by atoms with Gasteiger partial charge in [-0.25, -0.2) is 4.39 Å². The highest BCUT2D eigenvalue weighted by Crippen LogP contribution is 2.36. The first-order valence-electron chi connectivity index (χ1n) is 6.73. The van der Waals surface area contributed by atoms with Crippen molar-refractivity contribution in [3.63, 3.8) is 0 Å². The van der Waals surface area contributed by atoms with E-state index in [-0.39, 0.29) is 11.4 Å². The summed E-state index contributed by atoms with van der Waals surface area (Å²) in [5.74, 6) is -1.33. The first-order chi connectivity index (χ1) is 11.3. The molecular weight excluding hydrogens is 390 g/mol. The molecule has 0 fully saturated rings. The van der Waals surface area contributed by atoms with Gasteiger partial charge in [0, 0.05) is 15.5 Å². The molecule has 124 valence electrons. The van der Waals surface area contributed by atoms with Gasteiger partial charge in [0.1, 0.15) is 5.82 Å². The molecule has 8 heteroatoms. The van der Waals surface area contributed by atoms with Gasteiger partial charge in [-0.15, -0.1) is 0 Å². The van der Waals surface area contributed by atoms with E-state index in [4.69, 9.17) is 5.73 Å². The van der Waals surface area contributed by atoms with Crippen molar-refractivity contribution in [2.75, 3.05) is 11.1 Å². The van der Waals surface area contributed by atoms with Crippen LogP contribution in [0.4, 0.5) is 34.6 Å². The average Bonchev–Trinajstić information content (AvgIpc) is 2.51. The largest absolute Gasteiger partial charge is 0.419 e. The maximum Gasteiger partial charge on any atom is 0.419 e. The van der Waals surface area contributed by atoms with Crippen molar-refractivity contribution < 1.29 is 17.6 Å². The fraction of sp³-hybridized carbons (Fsp3) is 0.0625. The van der Waals surface area contributed by atoms with Crippen molar-refractivity contribution in [2.45, 2.75) is 6.18 Å². The Balaban J connectivity index is 2.11. The quantitative estimate of drug-likeness (QED) is 0.560. The van der Waals surface area contributed by atoms with Gasteiger partial charge in [-0.1, -0.05) is 15.9 Å². The zero-order chi connectivity index (χ0) is 17.5. The number of halogens is 5. The van der Waals surface area contributed by atoms with Crippen molar-refractivity contribution in [3.8, 4) is 0 Å². The minimum atomic E-state index is -4.78. The minimum Gasteiger partial charge on any atom is -0.396 e. The summed E-state index contributed by atoms with van der Waals surface area (Å²) < 4.78 is 52.7. The highest BCUT2D eigenvalue weighted by molar-refractivity contribution is 9.10. The van der Waals surface area contributed by atoms with Gasteiger partial charge in [0.2, 0.25) is 0 Å². The lowest BCUT2D eigenvalue weighted by atomic mass is 10.1. The van der Waals surface area contributed by atoms with E-state index in [0.717, 1.165) is 10.5 Å².